The summed E-state index contributed by atoms with van der Waals surface area (Å²) in [6, 6.07) is 4.41. The van der Waals surface area contributed by atoms with Crippen molar-refractivity contribution in [3.8, 4) is 0 Å². The van der Waals surface area contributed by atoms with Gasteiger partial charge in [-0.1, -0.05) is 6.07 Å². The summed E-state index contributed by atoms with van der Waals surface area (Å²) in [4.78, 5) is 14.2. The molecule has 1 amide bonds. The van der Waals surface area contributed by atoms with Gasteiger partial charge in [0.2, 0.25) is 0 Å². The van der Waals surface area contributed by atoms with E-state index in [-0.39, 0.29) is 17.8 Å². The third-order valence-corrected chi connectivity index (χ3v) is 3.85. The topological polar surface area (TPSA) is 20.3 Å². The lowest BCUT2D eigenvalue weighted by atomic mass is 10.0. The molecule has 1 aromatic carbocycles. The number of halogens is 2. The van der Waals surface area contributed by atoms with Crippen LogP contribution in [0.25, 0.3) is 0 Å². The Morgan fingerprint density at radius 3 is 3.00 bits per heavy atom. The van der Waals surface area contributed by atoms with E-state index < -0.39 is 0 Å². The predicted octanol–water partition coefficient (Wildman–Crippen LogP) is 3.37. The monoisotopic (exact) mass is 269 g/mol. The molecule has 4 heteroatoms. The van der Waals surface area contributed by atoms with E-state index in [1.54, 1.807) is 11.0 Å². The Balaban J connectivity index is 2.26. The summed E-state index contributed by atoms with van der Waals surface area (Å²) >= 11 is 5.91. The summed E-state index contributed by atoms with van der Waals surface area (Å²) in [5.41, 5.74) is 1.26. The Bertz CT molecular complexity index is 449. The van der Waals surface area contributed by atoms with Crippen LogP contribution in [0.4, 0.5) is 4.39 Å². The number of alkyl halides is 1. The molecule has 0 spiro atoms. The first kappa shape index (κ1) is 13.3. The van der Waals surface area contributed by atoms with Gasteiger partial charge in [-0.2, -0.15) is 0 Å². The molecule has 1 aliphatic heterocycles. The first-order chi connectivity index (χ1) is 8.63. The zero-order valence-corrected chi connectivity index (χ0v) is 11.2. The van der Waals surface area contributed by atoms with E-state index in [0.717, 1.165) is 24.8 Å². The van der Waals surface area contributed by atoms with Crippen LogP contribution < -0.4 is 0 Å². The third-order valence-electron chi connectivity index (χ3n) is 3.50. The molecule has 18 heavy (non-hydrogen) atoms. The number of likely N-dealkylation sites (tertiary alicyclic amines) is 1. The molecule has 1 aliphatic rings. The van der Waals surface area contributed by atoms with Gasteiger partial charge < -0.3 is 4.90 Å². The fraction of sp³-hybridized carbons (Fsp3) is 0.500. The number of amides is 1. The van der Waals surface area contributed by atoms with Gasteiger partial charge in [-0.15, -0.1) is 11.6 Å². The molecule has 1 atom stereocenters. The minimum atomic E-state index is -0.372. The van der Waals surface area contributed by atoms with E-state index in [1.165, 1.54) is 12.1 Å². The highest BCUT2D eigenvalue weighted by Gasteiger charge is 2.27. The van der Waals surface area contributed by atoms with E-state index in [9.17, 15) is 9.18 Å². The largest absolute Gasteiger partial charge is 0.334 e. The van der Waals surface area contributed by atoms with Crippen molar-refractivity contribution in [1.82, 2.24) is 4.90 Å². The highest BCUT2D eigenvalue weighted by atomic mass is 35.5. The maximum atomic E-state index is 13.3. The van der Waals surface area contributed by atoms with E-state index in [2.05, 4.69) is 0 Å². The Morgan fingerprint density at radius 2 is 2.28 bits per heavy atom. The Kier molecular flexibility index (Phi) is 4.23. The van der Waals surface area contributed by atoms with Crippen molar-refractivity contribution < 1.29 is 9.18 Å². The van der Waals surface area contributed by atoms with Crippen LogP contribution in [0.3, 0.4) is 0 Å². The maximum absolute atomic E-state index is 13.3. The molecule has 2 rings (SSSR count). The molecule has 1 saturated heterocycles. The first-order valence-electron chi connectivity index (χ1n) is 6.26. The maximum Gasteiger partial charge on any atom is 0.254 e. The van der Waals surface area contributed by atoms with E-state index in [0.29, 0.717) is 18.0 Å². The lowest BCUT2D eigenvalue weighted by Crippen LogP contribution is -2.45. The van der Waals surface area contributed by atoms with Crippen molar-refractivity contribution in [1.29, 1.82) is 0 Å². The molecule has 0 saturated carbocycles. The molecule has 1 fully saturated rings. The van der Waals surface area contributed by atoms with Gasteiger partial charge in [0.15, 0.2) is 0 Å². The predicted molar refractivity (Wildman–Crippen MR) is 70.5 cm³/mol. The number of nitrogens with zero attached hydrogens (tertiary/aromatic N) is 1. The van der Waals surface area contributed by atoms with Crippen LogP contribution in [-0.2, 0) is 0 Å². The number of rotatable bonds is 2. The van der Waals surface area contributed by atoms with Gasteiger partial charge in [0.1, 0.15) is 5.82 Å². The van der Waals surface area contributed by atoms with E-state index in [4.69, 9.17) is 11.6 Å². The van der Waals surface area contributed by atoms with Crippen molar-refractivity contribution in [2.75, 3.05) is 12.4 Å². The molecule has 0 N–H and O–H groups in total. The van der Waals surface area contributed by atoms with Crippen LogP contribution in [0.1, 0.15) is 35.2 Å². The van der Waals surface area contributed by atoms with Crippen LogP contribution in [0.15, 0.2) is 18.2 Å². The highest BCUT2D eigenvalue weighted by molar-refractivity contribution is 6.18. The van der Waals surface area contributed by atoms with Gasteiger partial charge in [0.05, 0.1) is 0 Å². The van der Waals surface area contributed by atoms with Crippen LogP contribution in [0, 0.1) is 12.7 Å². The molecule has 0 radical (unpaired) electrons. The highest BCUT2D eigenvalue weighted by Crippen LogP contribution is 2.22. The number of carbonyl (C=O) groups is 1. The Labute approximate surface area is 112 Å². The molecular formula is C14H17ClFNO. The molecule has 98 valence electrons. The minimum absolute atomic E-state index is 0.0792. The second-order valence-corrected chi connectivity index (χ2v) is 5.07. The van der Waals surface area contributed by atoms with Crippen molar-refractivity contribution in [3.63, 3.8) is 0 Å². The van der Waals surface area contributed by atoms with E-state index in [1.807, 2.05) is 6.92 Å². The third kappa shape index (κ3) is 2.66. The molecule has 0 bridgehead atoms. The molecule has 0 aromatic heterocycles. The smallest absolute Gasteiger partial charge is 0.254 e. The summed E-state index contributed by atoms with van der Waals surface area (Å²) in [6.07, 6.45) is 3.03. The first-order valence-corrected chi connectivity index (χ1v) is 6.80. The second kappa shape index (κ2) is 5.70. The summed E-state index contributed by atoms with van der Waals surface area (Å²) in [6.45, 7) is 2.54. The number of hydrogen-bond acceptors (Lipinski definition) is 1. The van der Waals surface area contributed by atoms with Crippen LogP contribution in [0.5, 0.6) is 0 Å². The lowest BCUT2D eigenvalue weighted by Gasteiger charge is -2.35. The normalized spacial score (nSPS) is 19.9. The van der Waals surface area contributed by atoms with E-state index >= 15 is 0 Å². The van der Waals surface area contributed by atoms with Gasteiger partial charge in [-0.3, -0.25) is 4.79 Å². The standard InChI is InChI=1S/C14H17ClFNO/c1-10-5-6-11(16)8-13(10)14(18)17-7-3-2-4-12(17)9-15/h5-6,8,12H,2-4,7,9H2,1H3. The average molecular weight is 270 g/mol. The zero-order chi connectivity index (χ0) is 13.1. The molecule has 2 nitrogen and oxygen atoms in total. The molecule has 0 aliphatic carbocycles. The second-order valence-electron chi connectivity index (χ2n) is 4.76. The van der Waals surface area contributed by atoms with Crippen LogP contribution >= 0.6 is 11.6 Å². The van der Waals surface area contributed by atoms with Crippen molar-refractivity contribution in [2.24, 2.45) is 0 Å². The number of benzene rings is 1. The molecule has 1 unspecified atom stereocenters. The Hall–Kier alpha value is -1.09. The number of hydrogen-bond donors (Lipinski definition) is 0. The molecule has 1 heterocycles. The number of carbonyl (C=O) groups excluding carboxylic acids is 1. The van der Waals surface area contributed by atoms with Gasteiger partial charge in [0.25, 0.3) is 5.91 Å². The van der Waals surface area contributed by atoms with Crippen LogP contribution in [-0.4, -0.2) is 29.3 Å². The Morgan fingerprint density at radius 1 is 1.50 bits per heavy atom. The average Bonchev–Trinajstić information content (AvgIpc) is 2.40. The quantitative estimate of drug-likeness (QED) is 0.754. The lowest BCUT2D eigenvalue weighted by molar-refractivity contribution is 0.0638. The van der Waals surface area contributed by atoms with Gasteiger partial charge in [-0.05, 0) is 43.9 Å². The summed E-state index contributed by atoms with van der Waals surface area (Å²) in [5.74, 6) is -0.0270. The number of piperidine rings is 1. The molecular weight excluding hydrogens is 253 g/mol. The summed E-state index contributed by atoms with van der Waals surface area (Å²) in [5, 5.41) is 0. The van der Waals surface area contributed by atoms with Crippen molar-refractivity contribution in [2.45, 2.75) is 32.2 Å². The van der Waals surface area contributed by atoms with Gasteiger partial charge in [-0.25, -0.2) is 4.39 Å². The van der Waals surface area contributed by atoms with Crippen molar-refractivity contribution >= 4 is 17.5 Å². The summed E-state index contributed by atoms with van der Waals surface area (Å²) < 4.78 is 13.3. The SMILES string of the molecule is Cc1ccc(F)cc1C(=O)N1CCCCC1CCl. The molecule has 1 aromatic rings. The van der Waals surface area contributed by atoms with Gasteiger partial charge >= 0.3 is 0 Å². The van der Waals surface area contributed by atoms with Gasteiger partial charge in [0, 0.05) is 24.0 Å². The van der Waals surface area contributed by atoms with Crippen molar-refractivity contribution in [3.05, 3.63) is 35.1 Å². The zero-order valence-electron chi connectivity index (χ0n) is 10.5. The fourth-order valence-electron chi connectivity index (χ4n) is 2.41. The summed E-state index contributed by atoms with van der Waals surface area (Å²) in [7, 11) is 0. The number of aryl methyl sites for hydroxylation is 1. The fourth-order valence-corrected chi connectivity index (χ4v) is 2.73. The van der Waals surface area contributed by atoms with Crippen LogP contribution in [0.2, 0.25) is 0 Å². The minimum Gasteiger partial charge on any atom is -0.334 e.